The molecule has 2 aliphatic heterocycles. The Morgan fingerprint density at radius 3 is 2.81 bits per heavy atom. The second-order valence-electron chi connectivity index (χ2n) is 4.59. The van der Waals surface area contributed by atoms with E-state index in [0.29, 0.717) is 6.04 Å². The summed E-state index contributed by atoms with van der Waals surface area (Å²) in [4.78, 5) is 4.76. The predicted octanol–water partition coefficient (Wildman–Crippen LogP) is 2.99. The summed E-state index contributed by atoms with van der Waals surface area (Å²) >= 11 is 4.00. The highest BCUT2D eigenvalue weighted by atomic mass is 32.2. The maximum absolute atomic E-state index is 4.76. The third-order valence-corrected chi connectivity index (χ3v) is 5.37. The van der Waals surface area contributed by atoms with E-state index in [1.54, 1.807) is 0 Å². The largest absolute Gasteiger partial charge is 0.362 e. The summed E-state index contributed by atoms with van der Waals surface area (Å²) in [5.41, 5.74) is 0. The van der Waals surface area contributed by atoms with Crippen molar-refractivity contribution in [1.29, 1.82) is 0 Å². The third-order valence-electron chi connectivity index (χ3n) is 3.36. The Labute approximate surface area is 107 Å². The van der Waals surface area contributed by atoms with E-state index in [-0.39, 0.29) is 0 Å². The zero-order valence-electron chi connectivity index (χ0n) is 10.1. The Bertz CT molecular complexity index is 237. The average Bonchev–Trinajstić information content (AvgIpc) is 2.38. The van der Waals surface area contributed by atoms with E-state index in [0.717, 1.165) is 12.5 Å². The summed E-state index contributed by atoms with van der Waals surface area (Å²) in [6.07, 6.45) is 5.24. The van der Waals surface area contributed by atoms with Crippen LogP contribution in [0.3, 0.4) is 0 Å². The smallest absolute Gasteiger partial charge is 0.156 e. The van der Waals surface area contributed by atoms with Gasteiger partial charge in [-0.3, -0.25) is 4.99 Å². The van der Waals surface area contributed by atoms with Crippen LogP contribution in [-0.2, 0) is 0 Å². The SMILES string of the molecule is CCC1CCSC(=NCC2CCSCC2)N1. The van der Waals surface area contributed by atoms with Crippen LogP contribution in [0, 0.1) is 5.92 Å². The van der Waals surface area contributed by atoms with E-state index in [1.807, 2.05) is 11.8 Å². The Hall–Kier alpha value is 0.170. The van der Waals surface area contributed by atoms with Gasteiger partial charge in [-0.15, -0.1) is 0 Å². The molecule has 0 aromatic heterocycles. The van der Waals surface area contributed by atoms with Crippen LogP contribution in [0.15, 0.2) is 4.99 Å². The summed E-state index contributed by atoms with van der Waals surface area (Å²) in [6.45, 7) is 3.30. The van der Waals surface area contributed by atoms with Crippen LogP contribution in [0.2, 0.25) is 0 Å². The van der Waals surface area contributed by atoms with Crippen LogP contribution in [0.4, 0.5) is 0 Å². The van der Waals surface area contributed by atoms with Crippen molar-refractivity contribution >= 4 is 28.7 Å². The quantitative estimate of drug-likeness (QED) is 0.842. The normalized spacial score (nSPS) is 30.3. The molecule has 16 heavy (non-hydrogen) atoms. The molecule has 2 nitrogen and oxygen atoms in total. The highest BCUT2D eigenvalue weighted by Crippen LogP contribution is 2.23. The number of nitrogens with zero attached hydrogens (tertiary/aromatic N) is 1. The summed E-state index contributed by atoms with van der Waals surface area (Å²) in [6, 6.07) is 0.668. The molecule has 0 saturated carbocycles. The Kier molecular flexibility index (Phi) is 5.36. The minimum atomic E-state index is 0.668. The molecule has 2 fully saturated rings. The molecular formula is C12H22N2S2. The zero-order valence-corrected chi connectivity index (χ0v) is 11.7. The van der Waals surface area contributed by atoms with Gasteiger partial charge in [0.25, 0.3) is 0 Å². The van der Waals surface area contributed by atoms with E-state index < -0.39 is 0 Å². The van der Waals surface area contributed by atoms with Crippen molar-refractivity contribution in [3.05, 3.63) is 0 Å². The molecule has 2 heterocycles. The monoisotopic (exact) mass is 258 g/mol. The van der Waals surface area contributed by atoms with Gasteiger partial charge in [-0.25, -0.2) is 0 Å². The number of amidine groups is 1. The standard InChI is InChI=1S/C12H22N2S2/c1-2-11-5-8-16-12(14-11)13-9-10-3-6-15-7-4-10/h10-11H,2-9H2,1H3,(H,13,14). The van der Waals surface area contributed by atoms with Crippen molar-refractivity contribution in [2.45, 2.75) is 38.6 Å². The van der Waals surface area contributed by atoms with Gasteiger partial charge in [0.1, 0.15) is 0 Å². The predicted molar refractivity (Wildman–Crippen MR) is 76.6 cm³/mol. The van der Waals surface area contributed by atoms with E-state index in [4.69, 9.17) is 4.99 Å². The second kappa shape index (κ2) is 6.80. The van der Waals surface area contributed by atoms with Gasteiger partial charge in [0, 0.05) is 18.3 Å². The molecule has 0 amide bonds. The minimum absolute atomic E-state index is 0.668. The Morgan fingerprint density at radius 2 is 2.06 bits per heavy atom. The molecule has 2 saturated heterocycles. The van der Waals surface area contributed by atoms with Gasteiger partial charge in [-0.2, -0.15) is 11.8 Å². The van der Waals surface area contributed by atoms with E-state index >= 15 is 0 Å². The molecule has 0 aromatic rings. The molecule has 0 bridgehead atoms. The first-order chi connectivity index (χ1) is 7.88. The maximum atomic E-state index is 4.76. The molecule has 0 aromatic carbocycles. The highest BCUT2D eigenvalue weighted by Gasteiger charge is 2.17. The number of hydrogen-bond acceptors (Lipinski definition) is 3. The van der Waals surface area contributed by atoms with Crippen molar-refractivity contribution in [2.75, 3.05) is 23.8 Å². The van der Waals surface area contributed by atoms with Crippen molar-refractivity contribution in [2.24, 2.45) is 10.9 Å². The first kappa shape index (κ1) is 12.6. The van der Waals surface area contributed by atoms with Crippen LogP contribution in [0.25, 0.3) is 0 Å². The number of hydrogen-bond donors (Lipinski definition) is 1. The Morgan fingerprint density at radius 1 is 1.25 bits per heavy atom. The average molecular weight is 258 g/mol. The van der Waals surface area contributed by atoms with Crippen molar-refractivity contribution in [3.8, 4) is 0 Å². The van der Waals surface area contributed by atoms with Gasteiger partial charge in [-0.05, 0) is 43.1 Å². The second-order valence-corrected chi connectivity index (χ2v) is 6.90. The molecule has 0 aliphatic carbocycles. The molecule has 2 aliphatic rings. The van der Waals surface area contributed by atoms with Gasteiger partial charge >= 0.3 is 0 Å². The third kappa shape index (κ3) is 3.88. The lowest BCUT2D eigenvalue weighted by Gasteiger charge is -2.25. The molecule has 1 unspecified atom stereocenters. The zero-order chi connectivity index (χ0) is 11.2. The fraction of sp³-hybridized carbons (Fsp3) is 0.917. The van der Waals surface area contributed by atoms with Gasteiger partial charge < -0.3 is 5.32 Å². The highest BCUT2D eigenvalue weighted by molar-refractivity contribution is 8.13. The first-order valence-electron chi connectivity index (χ1n) is 6.40. The topological polar surface area (TPSA) is 24.4 Å². The minimum Gasteiger partial charge on any atom is -0.362 e. The number of aliphatic imine (C=N–C) groups is 1. The Balaban J connectivity index is 1.77. The van der Waals surface area contributed by atoms with Gasteiger partial charge in [0.15, 0.2) is 5.17 Å². The van der Waals surface area contributed by atoms with Gasteiger partial charge in [0.05, 0.1) is 0 Å². The molecule has 4 heteroatoms. The van der Waals surface area contributed by atoms with Crippen molar-refractivity contribution in [3.63, 3.8) is 0 Å². The molecule has 0 radical (unpaired) electrons. The van der Waals surface area contributed by atoms with E-state index in [1.165, 1.54) is 48.1 Å². The van der Waals surface area contributed by atoms with Gasteiger partial charge in [0.2, 0.25) is 0 Å². The fourth-order valence-corrected chi connectivity index (χ4v) is 4.34. The maximum Gasteiger partial charge on any atom is 0.156 e. The summed E-state index contributed by atoms with van der Waals surface area (Å²) in [5, 5.41) is 4.76. The molecule has 92 valence electrons. The fourth-order valence-electron chi connectivity index (χ4n) is 2.12. The number of rotatable bonds is 3. The van der Waals surface area contributed by atoms with Crippen LogP contribution >= 0.6 is 23.5 Å². The number of nitrogens with one attached hydrogen (secondary N) is 1. The van der Waals surface area contributed by atoms with Crippen molar-refractivity contribution < 1.29 is 0 Å². The van der Waals surface area contributed by atoms with Crippen LogP contribution in [0.5, 0.6) is 0 Å². The van der Waals surface area contributed by atoms with Gasteiger partial charge in [-0.1, -0.05) is 18.7 Å². The van der Waals surface area contributed by atoms with E-state index in [2.05, 4.69) is 24.0 Å². The van der Waals surface area contributed by atoms with E-state index in [9.17, 15) is 0 Å². The number of thioether (sulfide) groups is 2. The lowest BCUT2D eigenvalue weighted by Crippen LogP contribution is -2.37. The molecule has 1 atom stereocenters. The summed E-state index contributed by atoms with van der Waals surface area (Å²) < 4.78 is 0. The van der Waals surface area contributed by atoms with Crippen LogP contribution in [-0.4, -0.2) is 35.0 Å². The summed E-state index contributed by atoms with van der Waals surface area (Å²) in [5.74, 6) is 4.77. The molecule has 0 spiro atoms. The molecule has 1 N–H and O–H groups in total. The lowest BCUT2D eigenvalue weighted by atomic mass is 10.0. The van der Waals surface area contributed by atoms with Crippen LogP contribution in [0.1, 0.15) is 32.6 Å². The molecular weight excluding hydrogens is 236 g/mol. The summed E-state index contributed by atoms with van der Waals surface area (Å²) in [7, 11) is 0. The molecule has 2 rings (SSSR count). The first-order valence-corrected chi connectivity index (χ1v) is 8.54. The van der Waals surface area contributed by atoms with Crippen molar-refractivity contribution in [1.82, 2.24) is 5.32 Å². The lowest BCUT2D eigenvalue weighted by molar-refractivity contribution is 0.500. The van der Waals surface area contributed by atoms with Crippen LogP contribution < -0.4 is 5.32 Å².